The van der Waals surface area contributed by atoms with Crippen LogP contribution in [0, 0.1) is 0 Å². The molecule has 0 spiro atoms. The van der Waals surface area contributed by atoms with Crippen LogP contribution in [-0.2, 0) is 11.3 Å². The summed E-state index contributed by atoms with van der Waals surface area (Å²) in [4.78, 5) is 20.8. The second-order valence-corrected chi connectivity index (χ2v) is 7.28. The van der Waals surface area contributed by atoms with Gasteiger partial charge in [-0.3, -0.25) is 9.88 Å². The summed E-state index contributed by atoms with van der Waals surface area (Å²) in [5, 5.41) is 1.17. The average molecular weight is 327 g/mol. The number of pyridine rings is 1. The number of piperazine rings is 1. The lowest BCUT2D eigenvalue weighted by atomic mass is 10.1. The van der Waals surface area contributed by atoms with Crippen LogP contribution in [0.4, 0.5) is 4.79 Å². The Morgan fingerprint density at radius 3 is 2.58 bits per heavy atom. The maximum absolute atomic E-state index is 12.1. The Morgan fingerprint density at radius 1 is 1.17 bits per heavy atom. The fourth-order valence-corrected chi connectivity index (χ4v) is 2.88. The second kappa shape index (κ2) is 6.77. The van der Waals surface area contributed by atoms with Gasteiger partial charge in [0.25, 0.3) is 0 Å². The third-order valence-electron chi connectivity index (χ3n) is 4.08. The van der Waals surface area contributed by atoms with Crippen LogP contribution in [0.25, 0.3) is 10.9 Å². The molecule has 0 saturated carbocycles. The van der Waals surface area contributed by atoms with E-state index in [4.69, 9.17) is 4.74 Å². The molecule has 128 valence electrons. The number of ether oxygens (including phenoxy) is 1. The fourth-order valence-electron chi connectivity index (χ4n) is 2.88. The highest BCUT2D eigenvalue weighted by molar-refractivity contribution is 5.78. The van der Waals surface area contributed by atoms with Gasteiger partial charge in [-0.15, -0.1) is 0 Å². The Bertz CT molecular complexity index is 716. The number of hydrogen-bond donors (Lipinski definition) is 0. The van der Waals surface area contributed by atoms with Crippen molar-refractivity contribution < 1.29 is 9.53 Å². The summed E-state index contributed by atoms with van der Waals surface area (Å²) in [6.45, 7) is 9.67. The highest BCUT2D eigenvalue weighted by Gasteiger charge is 2.25. The summed E-state index contributed by atoms with van der Waals surface area (Å²) in [6, 6.07) is 10.4. The maximum atomic E-state index is 12.1. The first kappa shape index (κ1) is 16.7. The van der Waals surface area contributed by atoms with E-state index in [-0.39, 0.29) is 6.09 Å². The van der Waals surface area contributed by atoms with E-state index in [1.165, 1.54) is 10.9 Å². The minimum atomic E-state index is -0.440. The van der Waals surface area contributed by atoms with E-state index in [0.29, 0.717) is 13.1 Å². The highest BCUT2D eigenvalue weighted by Crippen LogP contribution is 2.16. The molecule has 1 amide bonds. The van der Waals surface area contributed by atoms with E-state index in [9.17, 15) is 4.79 Å². The van der Waals surface area contributed by atoms with Gasteiger partial charge in [0.15, 0.2) is 0 Å². The summed E-state index contributed by atoms with van der Waals surface area (Å²) in [5.41, 5.74) is 1.79. The number of carbonyl (C=O) groups excluding carboxylic acids is 1. The van der Waals surface area contributed by atoms with Crippen molar-refractivity contribution in [2.45, 2.75) is 32.9 Å². The van der Waals surface area contributed by atoms with Crippen LogP contribution in [0.15, 0.2) is 36.5 Å². The van der Waals surface area contributed by atoms with Gasteiger partial charge in [-0.2, -0.15) is 0 Å². The smallest absolute Gasteiger partial charge is 0.410 e. The lowest BCUT2D eigenvalue weighted by Crippen LogP contribution is -2.49. The number of nitrogens with zero attached hydrogens (tertiary/aromatic N) is 3. The van der Waals surface area contributed by atoms with Crippen molar-refractivity contribution in [3.8, 4) is 0 Å². The van der Waals surface area contributed by atoms with E-state index in [0.717, 1.165) is 25.2 Å². The number of rotatable bonds is 2. The standard InChI is InChI=1S/C19H25N3O2/c1-19(2,3)24-18(23)22-10-8-21(9-11-22)14-15-12-16-6-4-5-7-17(16)20-13-15/h4-7,12-13H,8-11,14H2,1-3H3. The Labute approximate surface area is 143 Å². The number of para-hydroxylation sites is 1. The van der Waals surface area contributed by atoms with E-state index in [1.54, 1.807) is 4.90 Å². The third kappa shape index (κ3) is 4.23. The molecule has 0 aliphatic carbocycles. The zero-order chi connectivity index (χ0) is 17.2. The number of aromatic nitrogens is 1. The van der Waals surface area contributed by atoms with Crippen LogP contribution in [-0.4, -0.2) is 52.7 Å². The van der Waals surface area contributed by atoms with Crippen molar-refractivity contribution in [2.24, 2.45) is 0 Å². The van der Waals surface area contributed by atoms with Crippen molar-refractivity contribution in [2.75, 3.05) is 26.2 Å². The van der Waals surface area contributed by atoms with Gasteiger partial charge >= 0.3 is 6.09 Å². The van der Waals surface area contributed by atoms with Crippen LogP contribution in [0.2, 0.25) is 0 Å². The molecule has 0 N–H and O–H groups in total. The topological polar surface area (TPSA) is 45.7 Å². The van der Waals surface area contributed by atoms with E-state index >= 15 is 0 Å². The predicted octanol–water partition coefficient (Wildman–Crippen LogP) is 3.29. The van der Waals surface area contributed by atoms with Crippen molar-refractivity contribution in [3.05, 3.63) is 42.1 Å². The number of amides is 1. The minimum absolute atomic E-state index is 0.213. The van der Waals surface area contributed by atoms with Crippen molar-refractivity contribution in [1.82, 2.24) is 14.8 Å². The molecule has 2 aromatic rings. The normalized spacial score (nSPS) is 16.4. The van der Waals surface area contributed by atoms with E-state index in [2.05, 4.69) is 22.0 Å². The SMILES string of the molecule is CC(C)(C)OC(=O)N1CCN(Cc2cnc3ccccc3c2)CC1. The lowest BCUT2D eigenvalue weighted by molar-refractivity contribution is 0.0139. The second-order valence-electron chi connectivity index (χ2n) is 7.28. The minimum Gasteiger partial charge on any atom is -0.444 e. The Balaban J connectivity index is 1.55. The van der Waals surface area contributed by atoms with Gasteiger partial charge in [-0.25, -0.2) is 4.79 Å². The van der Waals surface area contributed by atoms with Gasteiger partial charge in [-0.05, 0) is 38.5 Å². The van der Waals surface area contributed by atoms with Gasteiger partial charge in [0.1, 0.15) is 5.60 Å². The highest BCUT2D eigenvalue weighted by atomic mass is 16.6. The molecule has 24 heavy (non-hydrogen) atoms. The van der Waals surface area contributed by atoms with Crippen molar-refractivity contribution in [3.63, 3.8) is 0 Å². The van der Waals surface area contributed by atoms with Crippen LogP contribution in [0.5, 0.6) is 0 Å². The fraction of sp³-hybridized carbons (Fsp3) is 0.474. The first-order valence-electron chi connectivity index (χ1n) is 8.45. The van der Waals surface area contributed by atoms with Crippen LogP contribution in [0.1, 0.15) is 26.3 Å². The molecule has 3 rings (SSSR count). The van der Waals surface area contributed by atoms with E-state index < -0.39 is 5.60 Å². The quantitative estimate of drug-likeness (QED) is 0.849. The summed E-state index contributed by atoms with van der Waals surface area (Å²) in [5.74, 6) is 0. The summed E-state index contributed by atoms with van der Waals surface area (Å²) < 4.78 is 5.44. The third-order valence-corrected chi connectivity index (χ3v) is 4.08. The van der Waals surface area contributed by atoms with Gasteiger partial charge in [-0.1, -0.05) is 18.2 Å². The summed E-state index contributed by atoms with van der Waals surface area (Å²) in [6.07, 6.45) is 1.73. The van der Waals surface area contributed by atoms with Gasteiger partial charge < -0.3 is 9.64 Å². The molecule has 1 fully saturated rings. The molecule has 2 heterocycles. The monoisotopic (exact) mass is 327 g/mol. The van der Waals surface area contributed by atoms with Crippen molar-refractivity contribution >= 4 is 17.0 Å². The molecule has 0 unspecified atom stereocenters. The maximum Gasteiger partial charge on any atom is 0.410 e. The van der Waals surface area contributed by atoms with Crippen molar-refractivity contribution in [1.29, 1.82) is 0 Å². The molecule has 1 aromatic heterocycles. The number of carbonyl (C=O) groups is 1. The molecule has 1 aliphatic rings. The molecule has 5 nitrogen and oxygen atoms in total. The first-order chi connectivity index (χ1) is 11.4. The molecule has 0 atom stereocenters. The lowest BCUT2D eigenvalue weighted by Gasteiger charge is -2.35. The number of hydrogen-bond acceptors (Lipinski definition) is 4. The molecular weight excluding hydrogens is 302 g/mol. The Morgan fingerprint density at radius 2 is 1.88 bits per heavy atom. The zero-order valence-electron chi connectivity index (χ0n) is 14.7. The summed E-state index contributed by atoms with van der Waals surface area (Å²) in [7, 11) is 0. The Kier molecular flexibility index (Phi) is 4.71. The average Bonchev–Trinajstić information content (AvgIpc) is 2.54. The van der Waals surface area contributed by atoms with Gasteiger partial charge in [0, 0.05) is 44.3 Å². The Hall–Kier alpha value is -2.14. The molecule has 0 radical (unpaired) electrons. The largest absolute Gasteiger partial charge is 0.444 e. The van der Waals surface area contributed by atoms with E-state index in [1.807, 2.05) is 45.2 Å². The predicted molar refractivity (Wildman–Crippen MR) is 94.8 cm³/mol. The first-order valence-corrected chi connectivity index (χ1v) is 8.45. The van der Waals surface area contributed by atoms with Gasteiger partial charge in [0.05, 0.1) is 5.52 Å². The zero-order valence-corrected chi connectivity index (χ0v) is 14.7. The molecule has 1 saturated heterocycles. The number of fused-ring (bicyclic) bond motifs is 1. The van der Waals surface area contributed by atoms with Crippen LogP contribution >= 0.6 is 0 Å². The van der Waals surface area contributed by atoms with Crippen LogP contribution < -0.4 is 0 Å². The molecule has 0 bridgehead atoms. The molecule has 1 aliphatic heterocycles. The van der Waals surface area contributed by atoms with Gasteiger partial charge in [0.2, 0.25) is 0 Å². The molecular formula is C19H25N3O2. The van der Waals surface area contributed by atoms with Crippen LogP contribution in [0.3, 0.4) is 0 Å². The number of benzene rings is 1. The summed E-state index contributed by atoms with van der Waals surface area (Å²) >= 11 is 0. The molecule has 5 heteroatoms. The molecule has 1 aromatic carbocycles.